The third kappa shape index (κ3) is 2.66. The van der Waals surface area contributed by atoms with E-state index in [2.05, 4.69) is 9.97 Å². The van der Waals surface area contributed by atoms with Crippen LogP contribution in [0.3, 0.4) is 0 Å². The summed E-state index contributed by atoms with van der Waals surface area (Å²) in [6, 6.07) is 14.8. The second-order valence-electron chi connectivity index (χ2n) is 7.86. The van der Waals surface area contributed by atoms with Gasteiger partial charge in [-0.05, 0) is 25.0 Å². The first kappa shape index (κ1) is 19.9. The van der Waals surface area contributed by atoms with Gasteiger partial charge in [-0.15, -0.1) is 0 Å². The molecule has 32 heavy (non-hydrogen) atoms. The number of para-hydroxylation sites is 2. The lowest BCUT2D eigenvalue weighted by Crippen LogP contribution is -2.23. The Labute approximate surface area is 183 Å². The normalized spacial score (nSPS) is 14.9. The minimum Gasteiger partial charge on any atom is -0.504 e. The molecule has 2 aromatic carbocycles. The number of aliphatic hydroxyl groups is 2. The van der Waals surface area contributed by atoms with E-state index in [4.69, 9.17) is 0 Å². The Morgan fingerprint density at radius 1 is 0.656 bits per heavy atom. The lowest BCUT2D eigenvalue weighted by molar-refractivity contribution is -0.116. The standard InChI is InChI=1S/C26H22N2O4/c1-3-15-19(13-9-5-7-11-17(13)27-15)21-23(29)25(31)22(26(32)24(21)30)20-14-10-6-8-12-18(14)28-16(20)4-2/h5-12,27-29,32H,3-4H2,1-2H3. The molecule has 2 heterocycles. The molecule has 4 aromatic rings. The number of carbonyl (C=O) groups excluding carboxylic acids is 2. The van der Waals surface area contributed by atoms with Gasteiger partial charge in [0.15, 0.2) is 11.5 Å². The van der Waals surface area contributed by atoms with Gasteiger partial charge < -0.3 is 20.2 Å². The number of aryl methyl sites for hydroxylation is 2. The highest BCUT2D eigenvalue weighted by Crippen LogP contribution is 2.41. The third-order valence-electron chi connectivity index (χ3n) is 6.13. The smallest absolute Gasteiger partial charge is 0.232 e. The zero-order chi connectivity index (χ0) is 22.6. The van der Waals surface area contributed by atoms with E-state index in [9.17, 15) is 19.8 Å². The first-order valence-corrected chi connectivity index (χ1v) is 10.6. The molecule has 0 radical (unpaired) electrons. The van der Waals surface area contributed by atoms with Crippen LogP contribution in [0.4, 0.5) is 0 Å². The minimum atomic E-state index is -0.760. The van der Waals surface area contributed by atoms with Gasteiger partial charge >= 0.3 is 0 Å². The van der Waals surface area contributed by atoms with Crippen LogP contribution >= 0.6 is 0 Å². The first-order valence-electron chi connectivity index (χ1n) is 10.6. The van der Waals surface area contributed by atoms with E-state index >= 15 is 0 Å². The van der Waals surface area contributed by atoms with Crippen molar-refractivity contribution >= 4 is 44.5 Å². The van der Waals surface area contributed by atoms with E-state index in [0.29, 0.717) is 46.1 Å². The summed E-state index contributed by atoms with van der Waals surface area (Å²) >= 11 is 0. The molecule has 1 aliphatic rings. The Kier molecular flexibility index (Phi) is 4.51. The molecule has 2 aromatic heterocycles. The van der Waals surface area contributed by atoms with Gasteiger partial charge in [-0.3, -0.25) is 9.59 Å². The summed E-state index contributed by atoms with van der Waals surface area (Å²) in [6.07, 6.45) is 1.12. The lowest BCUT2D eigenvalue weighted by atomic mass is 9.84. The molecular formula is C26H22N2O4. The molecule has 6 nitrogen and oxygen atoms in total. The van der Waals surface area contributed by atoms with Crippen molar-refractivity contribution in [3.05, 3.63) is 82.6 Å². The van der Waals surface area contributed by atoms with Crippen molar-refractivity contribution in [1.29, 1.82) is 0 Å². The molecule has 4 N–H and O–H groups in total. The topological polar surface area (TPSA) is 106 Å². The summed E-state index contributed by atoms with van der Waals surface area (Å²) in [5.74, 6) is -2.81. The minimum absolute atomic E-state index is 0.163. The monoisotopic (exact) mass is 426 g/mol. The number of aromatic nitrogens is 2. The maximum absolute atomic E-state index is 13.4. The fourth-order valence-corrected chi connectivity index (χ4v) is 4.64. The highest BCUT2D eigenvalue weighted by atomic mass is 16.3. The van der Waals surface area contributed by atoms with Gasteiger partial charge in [0.05, 0.1) is 11.1 Å². The van der Waals surface area contributed by atoms with Crippen LogP contribution in [0.5, 0.6) is 0 Å². The Bertz CT molecular complexity index is 1380. The van der Waals surface area contributed by atoms with E-state index in [1.54, 1.807) is 0 Å². The largest absolute Gasteiger partial charge is 0.504 e. The number of fused-ring (bicyclic) bond motifs is 2. The van der Waals surface area contributed by atoms with E-state index in [-0.39, 0.29) is 11.1 Å². The van der Waals surface area contributed by atoms with Crippen molar-refractivity contribution in [2.45, 2.75) is 26.7 Å². The predicted molar refractivity (Wildman–Crippen MR) is 124 cm³/mol. The number of carbonyl (C=O) groups is 2. The van der Waals surface area contributed by atoms with Crippen molar-refractivity contribution in [2.24, 2.45) is 0 Å². The van der Waals surface area contributed by atoms with Crippen LogP contribution in [0.1, 0.15) is 36.4 Å². The van der Waals surface area contributed by atoms with Gasteiger partial charge in [-0.2, -0.15) is 0 Å². The van der Waals surface area contributed by atoms with Crippen LogP contribution < -0.4 is 0 Å². The van der Waals surface area contributed by atoms with Crippen molar-refractivity contribution in [1.82, 2.24) is 9.97 Å². The van der Waals surface area contributed by atoms with Gasteiger partial charge in [-0.25, -0.2) is 0 Å². The maximum Gasteiger partial charge on any atom is 0.232 e. The van der Waals surface area contributed by atoms with Crippen LogP contribution in [0.15, 0.2) is 60.0 Å². The Morgan fingerprint density at radius 3 is 1.41 bits per heavy atom. The number of ketones is 2. The second-order valence-corrected chi connectivity index (χ2v) is 7.86. The highest BCUT2D eigenvalue weighted by Gasteiger charge is 2.39. The maximum atomic E-state index is 13.4. The predicted octanol–water partition coefficient (Wildman–Crippen LogP) is 5.16. The van der Waals surface area contributed by atoms with Gasteiger partial charge in [-0.1, -0.05) is 50.2 Å². The molecule has 0 bridgehead atoms. The van der Waals surface area contributed by atoms with Crippen LogP contribution in [0, 0.1) is 0 Å². The van der Waals surface area contributed by atoms with Crippen molar-refractivity contribution in [2.75, 3.05) is 0 Å². The van der Waals surface area contributed by atoms with E-state index in [0.717, 1.165) is 11.0 Å². The number of nitrogens with one attached hydrogen (secondary N) is 2. The number of Topliss-reactive ketones (excluding diaryl/α,β-unsaturated/α-hetero) is 2. The van der Waals surface area contributed by atoms with Gasteiger partial charge in [0.2, 0.25) is 11.6 Å². The summed E-state index contributed by atoms with van der Waals surface area (Å²) in [6.45, 7) is 3.84. The summed E-state index contributed by atoms with van der Waals surface area (Å²) in [5.41, 5.74) is 3.60. The number of aromatic amines is 2. The second kappa shape index (κ2) is 7.27. The number of allylic oxidation sites excluding steroid dienone is 2. The van der Waals surface area contributed by atoms with Crippen LogP contribution in [0.2, 0.25) is 0 Å². The number of aliphatic hydroxyl groups excluding tert-OH is 2. The average Bonchev–Trinajstić information content (AvgIpc) is 3.37. The molecule has 0 amide bonds. The molecule has 0 saturated heterocycles. The zero-order valence-corrected chi connectivity index (χ0v) is 17.7. The lowest BCUT2D eigenvalue weighted by Gasteiger charge is -2.19. The third-order valence-corrected chi connectivity index (χ3v) is 6.13. The molecule has 6 heteroatoms. The van der Waals surface area contributed by atoms with Crippen molar-refractivity contribution in [3.8, 4) is 0 Å². The molecule has 0 spiro atoms. The number of H-pyrrole nitrogens is 2. The SMILES string of the molecule is CCc1[nH]c2ccccc2c1C1=C(O)C(=O)C(c2c(CC)[nH]c3ccccc23)=C(O)C1=O. The number of rotatable bonds is 4. The number of hydrogen-bond acceptors (Lipinski definition) is 4. The fraction of sp³-hybridized carbons (Fsp3) is 0.154. The molecule has 0 atom stereocenters. The Morgan fingerprint density at radius 2 is 1.03 bits per heavy atom. The van der Waals surface area contributed by atoms with E-state index < -0.39 is 23.1 Å². The molecular weight excluding hydrogens is 404 g/mol. The molecule has 160 valence electrons. The number of hydrogen-bond donors (Lipinski definition) is 4. The van der Waals surface area contributed by atoms with E-state index in [1.165, 1.54) is 0 Å². The zero-order valence-electron chi connectivity index (χ0n) is 17.7. The molecule has 0 saturated carbocycles. The number of benzene rings is 2. The van der Waals surface area contributed by atoms with Gasteiger partial charge in [0, 0.05) is 44.3 Å². The summed E-state index contributed by atoms with van der Waals surface area (Å²) < 4.78 is 0. The van der Waals surface area contributed by atoms with Gasteiger partial charge in [0.25, 0.3) is 0 Å². The van der Waals surface area contributed by atoms with Crippen LogP contribution in [-0.4, -0.2) is 31.7 Å². The van der Waals surface area contributed by atoms with Gasteiger partial charge in [0.1, 0.15) is 0 Å². The molecule has 0 fully saturated rings. The molecule has 0 unspecified atom stereocenters. The summed E-state index contributed by atoms with van der Waals surface area (Å²) in [5, 5.41) is 23.5. The molecule has 5 rings (SSSR count). The van der Waals surface area contributed by atoms with Crippen molar-refractivity contribution < 1.29 is 19.8 Å². The summed E-state index contributed by atoms with van der Waals surface area (Å²) in [4.78, 5) is 33.4. The average molecular weight is 426 g/mol. The Balaban J connectivity index is 1.77. The molecule has 1 aliphatic carbocycles. The van der Waals surface area contributed by atoms with Crippen LogP contribution in [0.25, 0.3) is 33.0 Å². The highest BCUT2D eigenvalue weighted by molar-refractivity contribution is 6.48. The quantitative estimate of drug-likeness (QED) is 0.338. The fourth-order valence-electron chi connectivity index (χ4n) is 4.64. The van der Waals surface area contributed by atoms with E-state index in [1.807, 2.05) is 62.4 Å². The van der Waals surface area contributed by atoms with Crippen molar-refractivity contribution in [3.63, 3.8) is 0 Å². The van der Waals surface area contributed by atoms with Crippen LogP contribution in [-0.2, 0) is 22.4 Å². The Hall–Kier alpha value is -4.06. The molecule has 0 aliphatic heterocycles. The first-order chi connectivity index (χ1) is 15.5. The summed E-state index contributed by atoms with van der Waals surface area (Å²) in [7, 11) is 0.